The quantitative estimate of drug-likeness (QED) is 0.742. The average Bonchev–Trinajstić information content (AvgIpc) is 2.52. The molecular formula is C17H25NO2. The molecule has 1 aliphatic rings. The van der Waals surface area contributed by atoms with Crippen LogP contribution in [-0.2, 0) is 4.79 Å². The van der Waals surface area contributed by atoms with E-state index in [4.69, 9.17) is 4.74 Å². The van der Waals surface area contributed by atoms with Crippen molar-refractivity contribution in [1.29, 1.82) is 0 Å². The molecule has 0 bridgehead atoms. The van der Waals surface area contributed by atoms with Gasteiger partial charge in [0, 0.05) is 19.5 Å². The maximum Gasteiger partial charge on any atom is 0.222 e. The average molecular weight is 275 g/mol. The molecule has 0 atom stereocenters. The summed E-state index contributed by atoms with van der Waals surface area (Å²) in [5.74, 6) is 1.13. The smallest absolute Gasteiger partial charge is 0.222 e. The zero-order chi connectivity index (χ0) is 14.2. The molecule has 3 nitrogen and oxygen atoms in total. The van der Waals surface area contributed by atoms with Gasteiger partial charge in [-0.2, -0.15) is 0 Å². The van der Waals surface area contributed by atoms with E-state index in [-0.39, 0.29) is 5.91 Å². The molecule has 1 saturated carbocycles. The predicted molar refractivity (Wildman–Crippen MR) is 80.8 cm³/mol. The normalized spacial score (nSPS) is 15.8. The van der Waals surface area contributed by atoms with Gasteiger partial charge < -0.3 is 9.64 Å². The van der Waals surface area contributed by atoms with E-state index >= 15 is 0 Å². The lowest BCUT2D eigenvalue weighted by Crippen LogP contribution is -2.38. The van der Waals surface area contributed by atoms with Crippen molar-refractivity contribution in [2.24, 2.45) is 0 Å². The summed E-state index contributed by atoms with van der Waals surface area (Å²) in [6.07, 6.45) is 7.55. The first-order valence-corrected chi connectivity index (χ1v) is 7.71. The molecule has 0 N–H and O–H groups in total. The number of hydrogen-bond donors (Lipinski definition) is 0. The van der Waals surface area contributed by atoms with E-state index in [1.165, 1.54) is 32.1 Å². The van der Waals surface area contributed by atoms with Crippen molar-refractivity contribution in [3.63, 3.8) is 0 Å². The molecule has 1 aromatic carbocycles. The molecule has 0 unspecified atom stereocenters. The number of benzene rings is 1. The molecule has 2 rings (SSSR count). The Morgan fingerprint density at radius 3 is 2.60 bits per heavy atom. The van der Waals surface area contributed by atoms with E-state index in [1.807, 2.05) is 42.3 Å². The van der Waals surface area contributed by atoms with Gasteiger partial charge >= 0.3 is 0 Å². The summed E-state index contributed by atoms with van der Waals surface area (Å²) in [5, 5.41) is 0. The molecule has 1 fully saturated rings. The van der Waals surface area contributed by atoms with Gasteiger partial charge in [-0.15, -0.1) is 0 Å². The van der Waals surface area contributed by atoms with Crippen molar-refractivity contribution in [3.8, 4) is 5.75 Å². The van der Waals surface area contributed by atoms with Crippen LogP contribution in [-0.4, -0.2) is 30.5 Å². The molecular weight excluding hydrogens is 250 g/mol. The number of carbonyl (C=O) groups excluding carboxylic acids is 1. The van der Waals surface area contributed by atoms with Crippen molar-refractivity contribution in [2.45, 2.75) is 51.0 Å². The lowest BCUT2D eigenvalue weighted by Gasteiger charge is -2.31. The van der Waals surface area contributed by atoms with Crippen molar-refractivity contribution >= 4 is 5.91 Å². The van der Waals surface area contributed by atoms with Crippen LogP contribution in [0.4, 0.5) is 0 Å². The highest BCUT2D eigenvalue weighted by Gasteiger charge is 2.21. The van der Waals surface area contributed by atoms with Gasteiger partial charge in [-0.25, -0.2) is 0 Å². The van der Waals surface area contributed by atoms with Crippen LogP contribution in [0.3, 0.4) is 0 Å². The number of carbonyl (C=O) groups is 1. The van der Waals surface area contributed by atoms with Gasteiger partial charge in [0.15, 0.2) is 0 Å². The standard InChI is InChI=1S/C17H25NO2/c1-18(15-9-4-2-5-10-15)17(19)13-8-14-20-16-11-6-3-7-12-16/h3,6-7,11-12,15H,2,4-5,8-10,13-14H2,1H3. The lowest BCUT2D eigenvalue weighted by atomic mass is 9.94. The monoisotopic (exact) mass is 275 g/mol. The Kier molecular flexibility index (Phi) is 5.90. The number of amides is 1. The fourth-order valence-corrected chi connectivity index (χ4v) is 2.78. The summed E-state index contributed by atoms with van der Waals surface area (Å²) < 4.78 is 5.61. The van der Waals surface area contributed by atoms with Crippen molar-refractivity contribution < 1.29 is 9.53 Å². The minimum absolute atomic E-state index is 0.258. The van der Waals surface area contributed by atoms with E-state index in [0.717, 1.165) is 12.2 Å². The van der Waals surface area contributed by atoms with Crippen LogP contribution < -0.4 is 4.74 Å². The fraction of sp³-hybridized carbons (Fsp3) is 0.588. The SMILES string of the molecule is CN(C(=O)CCCOc1ccccc1)C1CCCCC1. The van der Waals surface area contributed by atoms with Crippen LogP contribution >= 0.6 is 0 Å². The van der Waals surface area contributed by atoms with E-state index in [9.17, 15) is 4.79 Å². The molecule has 0 aromatic heterocycles. The van der Waals surface area contributed by atoms with E-state index in [0.29, 0.717) is 19.1 Å². The van der Waals surface area contributed by atoms with Crippen LogP contribution in [0.5, 0.6) is 5.75 Å². The van der Waals surface area contributed by atoms with Gasteiger partial charge in [-0.3, -0.25) is 4.79 Å². The number of ether oxygens (including phenoxy) is 1. The van der Waals surface area contributed by atoms with Crippen LogP contribution in [0.25, 0.3) is 0 Å². The van der Waals surface area contributed by atoms with Gasteiger partial charge in [-0.05, 0) is 31.4 Å². The third-order valence-electron chi connectivity index (χ3n) is 4.06. The summed E-state index contributed by atoms with van der Waals surface area (Å²) in [6, 6.07) is 10.2. The summed E-state index contributed by atoms with van der Waals surface area (Å²) in [4.78, 5) is 14.1. The maximum absolute atomic E-state index is 12.1. The minimum Gasteiger partial charge on any atom is -0.494 e. The second-order valence-electron chi connectivity index (χ2n) is 5.56. The van der Waals surface area contributed by atoms with Crippen molar-refractivity contribution in [1.82, 2.24) is 4.90 Å². The molecule has 0 radical (unpaired) electrons. The van der Waals surface area contributed by atoms with Crippen LogP contribution in [0.15, 0.2) is 30.3 Å². The van der Waals surface area contributed by atoms with Gasteiger partial charge in [0.25, 0.3) is 0 Å². The van der Waals surface area contributed by atoms with Crippen LogP contribution in [0.2, 0.25) is 0 Å². The zero-order valence-corrected chi connectivity index (χ0v) is 12.4. The molecule has 1 aromatic rings. The highest BCUT2D eigenvalue weighted by Crippen LogP contribution is 2.22. The molecule has 1 amide bonds. The second kappa shape index (κ2) is 7.93. The van der Waals surface area contributed by atoms with Gasteiger partial charge in [0.1, 0.15) is 5.75 Å². The Balaban J connectivity index is 1.64. The minimum atomic E-state index is 0.258. The molecule has 0 saturated heterocycles. The highest BCUT2D eigenvalue weighted by molar-refractivity contribution is 5.76. The largest absolute Gasteiger partial charge is 0.494 e. The van der Waals surface area contributed by atoms with Crippen molar-refractivity contribution in [3.05, 3.63) is 30.3 Å². The Hall–Kier alpha value is -1.51. The number of rotatable bonds is 6. The summed E-state index contributed by atoms with van der Waals surface area (Å²) in [5.41, 5.74) is 0. The van der Waals surface area contributed by atoms with E-state index in [2.05, 4.69) is 0 Å². The predicted octanol–water partition coefficient (Wildman–Crippen LogP) is 3.64. The molecule has 110 valence electrons. The van der Waals surface area contributed by atoms with Gasteiger partial charge in [0.05, 0.1) is 6.61 Å². The Labute approximate surface area is 121 Å². The maximum atomic E-state index is 12.1. The Bertz CT molecular complexity index is 399. The first-order valence-electron chi connectivity index (χ1n) is 7.71. The zero-order valence-electron chi connectivity index (χ0n) is 12.4. The number of para-hydroxylation sites is 1. The topological polar surface area (TPSA) is 29.5 Å². The lowest BCUT2D eigenvalue weighted by molar-refractivity contribution is -0.132. The molecule has 0 spiro atoms. The van der Waals surface area contributed by atoms with E-state index in [1.54, 1.807) is 0 Å². The summed E-state index contributed by atoms with van der Waals surface area (Å²) in [6.45, 7) is 0.605. The third kappa shape index (κ3) is 4.55. The molecule has 1 aliphatic carbocycles. The summed E-state index contributed by atoms with van der Waals surface area (Å²) >= 11 is 0. The third-order valence-corrected chi connectivity index (χ3v) is 4.06. The Morgan fingerprint density at radius 1 is 1.20 bits per heavy atom. The van der Waals surface area contributed by atoms with Gasteiger partial charge in [0.2, 0.25) is 5.91 Å². The van der Waals surface area contributed by atoms with Gasteiger partial charge in [-0.1, -0.05) is 37.5 Å². The molecule has 0 heterocycles. The van der Waals surface area contributed by atoms with Crippen LogP contribution in [0, 0.1) is 0 Å². The first-order chi connectivity index (χ1) is 9.77. The molecule has 0 aliphatic heterocycles. The van der Waals surface area contributed by atoms with Crippen LogP contribution in [0.1, 0.15) is 44.9 Å². The Morgan fingerprint density at radius 2 is 1.90 bits per heavy atom. The fourth-order valence-electron chi connectivity index (χ4n) is 2.78. The molecule has 20 heavy (non-hydrogen) atoms. The highest BCUT2D eigenvalue weighted by atomic mass is 16.5. The summed E-state index contributed by atoms with van der Waals surface area (Å²) in [7, 11) is 1.95. The molecule has 3 heteroatoms. The number of hydrogen-bond acceptors (Lipinski definition) is 2. The van der Waals surface area contributed by atoms with E-state index < -0.39 is 0 Å². The first kappa shape index (κ1) is 14.9. The number of nitrogens with zero attached hydrogens (tertiary/aromatic N) is 1. The van der Waals surface area contributed by atoms with Crippen molar-refractivity contribution in [2.75, 3.05) is 13.7 Å². The second-order valence-corrected chi connectivity index (χ2v) is 5.56.